The van der Waals surface area contributed by atoms with Gasteiger partial charge in [0.25, 0.3) is 0 Å². The third-order valence-corrected chi connectivity index (χ3v) is 3.09. The second kappa shape index (κ2) is 5.24. The molecule has 1 atom stereocenters. The summed E-state index contributed by atoms with van der Waals surface area (Å²) >= 11 is 0. The van der Waals surface area contributed by atoms with Crippen LogP contribution >= 0.6 is 0 Å². The van der Waals surface area contributed by atoms with E-state index in [2.05, 4.69) is 16.0 Å². The number of likely N-dealkylation sites (tertiary alicyclic amines) is 1. The molecule has 2 rings (SSSR count). The van der Waals surface area contributed by atoms with Crippen LogP contribution in [0.5, 0.6) is 0 Å². The lowest BCUT2D eigenvalue weighted by molar-refractivity contribution is 0.160. The normalized spacial score (nSPS) is 22.1. The summed E-state index contributed by atoms with van der Waals surface area (Å²) < 4.78 is 0. The van der Waals surface area contributed by atoms with Crippen molar-refractivity contribution in [1.29, 1.82) is 0 Å². The van der Waals surface area contributed by atoms with Crippen molar-refractivity contribution in [2.75, 3.05) is 19.7 Å². The van der Waals surface area contributed by atoms with E-state index in [4.69, 9.17) is 0 Å². The fourth-order valence-electron chi connectivity index (χ4n) is 2.20. The monoisotopic (exact) mass is 206 g/mol. The van der Waals surface area contributed by atoms with Gasteiger partial charge in [-0.1, -0.05) is 6.07 Å². The topological polar surface area (TPSA) is 36.4 Å². The molecular formula is C12H18N2O. The fraction of sp³-hybridized carbons (Fsp3) is 0.583. The number of hydrogen-bond donors (Lipinski definition) is 1. The van der Waals surface area contributed by atoms with E-state index in [1.807, 2.05) is 18.3 Å². The van der Waals surface area contributed by atoms with Crippen molar-refractivity contribution in [1.82, 2.24) is 9.88 Å². The molecule has 0 aromatic carbocycles. The summed E-state index contributed by atoms with van der Waals surface area (Å²) in [7, 11) is 0. The van der Waals surface area contributed by atoms with Crippen LogP contribution in [0.15, 0.2) is 24.4 Å². The first-order valence-electron chi connectivity index (χ1n) is 5.65. The summed E-state index contributed by atoms with van der Waals surface area (Å²) in [6, 6.07) is 6.41. The molecule has 1 aliphatic heterocycles. The van der Waals surface area contributed by atoms with Crippen molar-refractivity contribution in [3.63, 3.8) is 0 Å². The Morgan fingerprint density at radius 1 is 1.47 bits per heavy atom. The number of nitrogens with zero attached hydrogens (tertiary/aromatic N) is 2. The maximum Gasteiger partial charge on any atom is 0.0586 e. The highest BCUT2D eigenvalue weighted by atomic mass is 16.3. The van der Waals surface area contributed by atoms with Crippen LogP contribution in [0, 0.1) is 0 Å². The molecule has 0 amide bonds. The summed E-state index contributed by atoms with van der Waals surface area (Å²) in [6.07, 6.45) is 5.17. The summed E-state index contributed by atoms with van der Waals surface area (Å²) in [5, 5.41) is 9.18. The highest BCUT2D eigenvalue weighted by Crippen LogP contribution is 2.16. The zero-order chi connectivity index (χ0) is 10.5. The van der Waals surface area contributed by atoms with Gasteiger partial charge in [-0.3, -0.25) is 9.88 Å². The van der Waals surface area contributed by atoms with Crippen molar-refractivity contribution in [3.8, 4) is 0 Å². The summed E-state index contributed by atoms with van der Waals surface area (Å²) in [4.78, 5) is 6.67. The number of rotatable bonds is 4. The molecule has 2 heterocycles. The first kappa shape index (κ1) is 10.6. The van der Waals surface area contributed by atoms with E-state index >= 15 is 0 Å². The molecule has 0 radical (unpaired) electrons. The second-order valence-electron chi connectivity index (χ2n) is 4.09. The minimum absolute atomic E-state index is 0.294. The van der Waals surface area contributed by atoms with Crippen LogP contribution < -0.4 is 0 Å². The number of aliphatic hydroxyl groups excluding tert-OH is 1. The fourth-order valence-corrected chi connectivity index (χ4v) is 2.20. The van der Waals surface area contributed by atoms with Crippen LogP contribution in [0.1, 0.15) is 18.5 Å². The molecule has 82 valence electrons. The van der Waals surface area contributed by atoms with E-state index in [0.29, 0.717) is 12.6 Å². The maximum atomic E-state index is 9.18. The van der Waals surface area contributed by atoms with E-state index in [9.17, 15) is 5.11 Å². The molecular weight excluding hydrogens is 188 g/mol. The van der Waals surface area contributed by atoms with Crippen LogP contribution in [-0.2, 0) is 6.42 Å². The van der Waals surface area contributed by atoms with Crippen molar-refractivity contribution in [2.24, 2.45) is 0 Å². The Kier molecular flexibility index (Phi) is 3.69. The molecule has 0 spiro atoms. The molecule has 1 N–H and O–H groups in total. The molecule has 1 saturated heterocycles. The maximum absolute atomic E-state index is 9.18. The van der Waals surface area contributed by atoms with Crippen LogP contribution in [0.4, 0.5) is 0 Å². The molecule has 0 aliphatic carbocycles. The Bertz CT molecular complexity index is 289. The Morgan fingerprint density at radius 3 is 3.13 bits per heavy atom. The van der Waals surface area contributed by atoms with Crippen LogP contribution in [-0.4, -0.2) is 40.7 Å². The molecule has 0 saturated carbocycles. The lowest BCUT2D eigenvalue weighted by Gasteiger charge is -2.22. The van der Waals surface area contributed by atoms with E-state index < -0.39 is 0 Å². The quantitative estimate of drug-likeness (QED) is 0.801. The molecule has 1 aromatic rings. The van der Waals surface area contributed by atoms with Gasteiger partial charge in [0.05, 0.1) is 6.61 Å². The van der Waals surface area contributed by atoms with E-state index in [1.54, 1.807) is 0 Å². The lowest BCUT2D eigenvalue weighted by atomic mass is 10.2. The number of aliphatic hydroxyl groups is 1. The average Bonchev–Trinajstić information content (AvgIpc) is 2.75. The second-order valence-corrected chi connectivity index (χ2v) is 4.09. The Morgan fingerprint density at radius 2 is 2.40 bits per heavy atom. The first-order chi connectivity index (χ1) is 7.40. The van der Waals surface area contributed by atoms with Gasteiger partial charge < -0.3 is 5.11 Å². The van der Waals surface area contributed by atoms with E-state index in [1.165, 1.54) is 6.42 Å². The molecule has 3 heteroatoms. The minimum Gasteiger partial charge on any atom is -0.395 e. The van der Waals surface area contributed by atoms with E-state index in [-0.39, 0.29) is 0 Å². The summed E-state index contributed by atoms with van der Waals surface area (Å²) in [6.45, 7) is 2.43. The Balaban J connectivity index is 1.83. The molecule has 3 nitrogen and oxygen atoms in total. The van der Waals surface area contributed by atoms with Gasteiger partial charge in [-0.15, -0.1) is 0 Å². The highest BCUT2D eigenvalue weighted by Gasteiger charge is 2.22. The Labute approximate surface area is 90.8 Å². The van der Waals surface area contributed by atoms with Gasteiger partial charge in [0.15, 0.2) is 0 Å². The number of aromatic nitrogens is 1. The zero-order valence-corrected chi connectivity index (χ0v) is 8.97. The Hall–Kier alpha value is -0.930. The van der Waals surface area contributed by atoms with Crippen molar-refractivity contribution in [3.05, 3.63) is 30.1 Å². The molecule has 1 aliphatic rings. The average molecular weight is 206 g/mol. The van der Waals surface area contributed by atoms with Gasteiger partial charge in [-0.25, -0.2) is 0 Å². The summed E-state index contributed by atoms with van der Waals surface area (Å²) in [5.74, 6) is 0. The third kappa shape index (κ3) is 2.76. The third-order valence-electron chi connectivity index (χ3n) is 3.09. The van der Waals surface area contributed by atoms with Crippen molar-refractivity contribution < 1.29 is 5.11 Å². The standard InChI is InChI=1S/C12H18N2O/c15-10-12-5-3-8-14(12)9-6-11-4-1-2-7-13-11/h1-2,4,7,12,15H,3,5-6,8-10H2/t12-/m0/s1. The summed E-state index contributed by atoms with van der Waals surface area (Å²) in [5.41, 5.74) is 1.14. The van der Waals surface area contributed by atoms with E-state index in [0.717, 1.165) is 31.6 Å². The first-order valence-corrected chi connectivity index (χ1v) is 5.65. The molecule has 1 aromatic heterocycles. The largest absolute Gasteiger partial charge is 0.395 e. The number of pyridine rings is 1. The lowest BCUT2D eigenvalue weighted by Crippen LogP contribution is -2.33. The molecule has 15 heavy (non-hydrogen) atoms. The van der Waals surface area contributed by atoms with Gasteiger partial charge in [0.1, 0.15) is 0 Å². The van der Waals surface area contributed by atoms with Crippen molar-refractivity contribution >= 4 is 0 Å². The predicted molar refractivity (Wildman–Crippen MR) is 59.6 cm³/mol. The molecule has 0 bridgehead atoms. The van der Waals surface area contributed by atoms with Gasteiger partial charge in [0.2, 0.25) is 0 Å². The molecule has 1 fully saturated rings. The van der Waals surface area contributed by atoms with Gasteiger partial charge >= 0.3 is 0 Å². The zero-order valence-electron chi connectivity index (χ0n) is 8.97. The minimum atomic E-state index is 0.294. The predicted octanol–water partition coefficient (Wildman–Crippen LogP) is 1.08. The smallest absolute Gasteiger partial charge is 0.0586 e. The van der Waals surface area contributed by atoms with Crippen LogP contribution in [0.25, 0.3) is 0 Å². The highest BCUT2D eigenvalue weighted by molar-refractivity contribution is 5.04. The van der Waals surface area contributed by atoms with Crippen molar-refractivity contribution in [2.45, 2.75) is 25.3 Å². The van der Waals surface area contributed by atoms with Crippen LogP contribution in [0.3, 0.4) is 0 Å². The van der Waals surface area contributed by atoms with Crippen LogP contribution in [0.2, 0.25) is 0 Å². The SMILES string of the molecule is OC[C@@H]1CCCN1CCc1ccccn1. The van der Waals surface area contributed by atoms with Gasteiger partial charge in [0, 0.05) is 30.9 Å². The molecule has 0 unspecified atom stereocenters. The number of hydrogen-bond acceptors (Lipinski definition) is 3. The van der Waals surface area contributed by atoms with Gasteiger partial charge in [-0.05, 0) is 31.5 Å². The van der Waals surface area contributed by atoms with Gasteiger partial charge in [-0.2, -0.15) is 0 Å².